The van der Waals surface area contributed by atoms with E-state index in [1.807, 2.05) is 6.07 Å². The lowest BCUT2D eigenvalue weighted by molar-refractivity contribution is 0.319. The minimum Gasteiger partial charge on any atom is -0.338 e. The summed E-state index contributed by atoms with van der Waals surface area (Å²) in [6, 6.07) is 19.0. The summed E-state index contributed by atoms with van der Waals surface area (Å²) in [6.07, 6.45) is 2.63. The molecule has 0 aliphatic carbocycles. The first-order chi connectivity index (χ1) is 11.4. The second-order valence-corrected chi connectivity index (χ2v) is 5.94. The van der Waals surface area contributed by atoms with Crippen LogP contribution in [0, 0.1) is 0 Å². The van der Waals surface area contributed by atoms with Gasteiger partial charge in [0.15, 0.2) is 5.82 Å². The van der Waals surface area contributed by atoms with Gasteiger partial charge in [0.2, 0.25) is 5.89 Å². The summed E-state index contributed by atoms with van der Waals surface area (Å²) >= 11 is 0. The van der Waals surface area contributed by atoms with E-state index in [0.717, 1.165) is 31.6 Å². The second kappa shape index (κ2) is 7.60. The molecular formula is C19H20ClN3O. The average molecular weight is 342 g/mol. The number of hydrogen-bond acceptors (Lipinski definition) is 4. The number of hydrogen-bond donors (Lipinski definition) is 1. The fourth-order valence-electron chi connectivity index (χ4n) is 3.04. The fraction of sp³-hybridized carbons (Fsp3) is 0.263. The van der Waals surface area contributed by atoms with Gasteiger partial charge in [0.25, 0.3) is 0 Å². The quantitative estimate of drug-likeness (QED) is 0.786. The lowest BCUT2D eigenvalue weighted by Crippen LogP contribution is -2.28. The van der Waals surface area contributed by atoms with Crippen LogP contribution in [0.15, 0.2) is 59.1 Å². The highest BCUT2D eigenvalue weighted by atomic mass is 35.5. The van der Waals surface area contributed by atoms with Crippen LogP contribution in [-0.4, -0.2) is 10.1 Å². The van der Waals surface area contributed by atoms with Crippen LogP contribution in [0.4, 0.5) is 0 Å². The Hall–Kier alpha value is -2.17. The Morgan fingerprint density at radius 2 is 1.71 bits per heavy atom. The Bertz CT molecular complexity index is 788. The third-order valence-electron chi connectivity index (χ3n) is 4.34. The first-order valence-corrected chi connectivity index (χ1v) is 8.05. The van der Waals surface area contributed by atoms with E-state index in [4.69, 9.17) is 4.52 Å². The van der Waals surface area contributed by atoms with Gasteiger partial charge in [-0.3, -0.25) is 0 Å². The molecule has 4 rings (SSSR count). The Balaban J connectivity index is 0.00000169. The third-order valence-corrected chi connectivity index (χ3v) is 4.34. The van der Waals surface area contributed by atoms with Crippen LogP contribution in [0.1, 0.15) is 34.4 Å². The molecule has 24 heavy (non-hydrogen) atoms. The fourth-order valence-corrected chi connectivity index (χ4v) is 3.04. The molecule has 0 amide bonds. The number of nitrogens with zero attached hydrogens (tertiary/aromatic N) is 2. The smallest absolute Gasteiger partial charge is 0.244 e. The zero-order chi connectivity index (χ0) is 15.5. The number of fused-ring (bicyclic) bond motifs is 1. The minimum atomic E-state index is 0. The molecule has 1 atom stereocenters. The summed E-state index contributed by atoms with van der Waals surface area (Å²) < 4.78 is 5.48. The Morgan fingerprint density at radius 3 is 2.54 bits per heavy atom. The standard InChI is InChI=1S/C19H19N3O.ClH/c1-2-6-14(7-3-1)10-11-18-21-19(23-22-18)17-12-15-8-4-5-9-16(15)13-20-17;/h1-9,17,20H,10-13H2;1H/t17-;/m1./s1. The maximum absolute atomic E-state index is 5.48. The van der Waals surface area contributed by atoms with E-state index in [2.05, 4.69) is 64.0 Å². The average Bonchev–Trinajstić information content (AvgIpc) is 3.09. The van der Waals surface area contributed by atoms with E-state index in [9.17, 15) is 0 Å². The number of halogens is 1. The summed E-state index contributed by atoms with van der Waals surface area (Å²) in [5.74, 6) is 1.48. The molecule has 0 fully saturated rings. The molecule has 0 bridgehead atoms. The van der Waals surface area contributed by atoms with Crippen LogP contribution < -0.4 is 5.32 Å². The van der Waals surface area contributed by atoms with Gasteiger partial charge in [0.05, 0.1) is 6.04 Å². The highest BCUT2D eigenvalue weighted by Gasteiger charge is 2.24. The van der Waals surface area contributed by atoms with Crippen molar-refractivity contribution in [2.75, 3.05) is 0 Å². The van der Waals surface area contributed by atoms with E-state index in [1.54, 1.807) is 0 Å². The molecule has 0 unspecified atom stereocenters. The van der Waals surface area contributed by atoms with Crippen molar-refractivity contribution in [1.29, 1.82) is 0 Å². The molecule has 0 saturated heterocycles. The maximum atomic E-state index is 5.48. The monoisotopic (exact) mass is 341 g/mol. The van der Waals surface area contributed by atoms with Crippen molar-refractivity contribution in [3.63, 3.8) is 0 Å². The topological polar surface area (TPSA) is 51.0 Å². The lowest BCUT2D eigenvalue weighted by atomic mass is 9.96. The zero-order valence-electron chi connectivity index (χ0n) is 13.3. The van der Waals surface area contributed by atoms with Crippen LogP contribution in [0.5, 0.6) is 0 Å². The molecule has 0 saturated carbocycles. The number of aromatic nitrogens is 2. The number of benzene rings is 2. The van der Waals surface area contributed by atoms with Crippen LogP contribution in [0.2, 0.25) is 0 Å². The largest absolute Gasteiger partial charge is 0.338 e. The Labute approximate surface area is 147 Å². The Kier molecular flexibility index (Phi) is 5.28. The van der Waals surface area contributed by atoms with Crippen molar-refractivity contribution in [2.45, 2.75) is 31.8 Å². The maximum Gasteiger partial charge on any atom is 0.244 e. The molecule has 5 heteroatoms. The van der Waals surface area contributed by atoms with E-state index in [0.29, 0.717) is 5.89 Å². The van der Waals surface area contributed by atoms with E-state index in [-0.39, 0.29) is 18.4 Å². The molecule has 124 valence electrons. The molecular weight excluding hydrogens is 322 g/mol. The van der Waals surface area contributed by atoms with E-state index >= 15 is 0 Å². The molecule has 1 aliphatic rings. The zero-order valence-corrected chi connectivity index (χ0v) is 14.1. The van der Waals surface area contributed by atoms with Gasteiger partial charge >= 0.3 is 0 Å². The van der Waals surface area contributed by atoms with Gasteiger partial charge in [0, 0.05) is 13.0 Å². The highest BCUT2D eigenvalue weighted by Crippen LogP contribution is 2.24. The molecule has 2 heterocycles. The Morgan fingerprint density at radius 1 is 0.958 bits per heavy atom. The van der Waals surface area contributed by atoms with Crippen molar-refractivity contribution in [3.05, 3.63) is 83.0 Å². The summed E-state index contributed by atoms with van der Waals surface area (Å²) in [5, 5.41) is 7.62. The van der Waals surface area contributed by atoms with Gasteiger partial charge in [-0.15, -0.1) is 12.4 Å². The van der Waals surface area contributed by atoms with Crippen molar-refractivity contribution in [3.8, 4) is 0 Å². The predicted octanol–water partition coefficient (Wildman–Crippen LogP) is 3.66. The summed E-state index contributed by atoms with van der Waals surface area (Å²) in [5.41, 5.74) is 4.01. The van der Waals surface area contributed by atoms with Gasteiger partial charge in [-0.2, -0.15) is 4.98 Å². The van der Waals surface area contributed by atoms with Crippen LogP contribution in [-0.2, 0) is 25.8 Å². The van der Waals surface area contributed by atoms with E-state index < -0.39 is 0 Å². The number of rotatable bonds is 4. The van der Waals surface area contributed by atoms with Crippen LogP contribution in [0.3, 0.4) is 0 Å². The number of nitrogens with one attached hydrogen (secondary N) is 1. The number of aryl methyl sites for hydroxylation is 2. The van der Waals surface area contributed by atoms with Crippen molar-refractivity contribution >= 4 is 12.4 Å². The summed E-state index contributed by atoms with van der Waals surface area (Å²) in [7, 11) is 0. The molecule has 1 N–H and O–H groups in total. The molecule has 1 aliphatic heterocycles. The molecule has 0 spiro atoms. The molecule has 4 nitrogen and oxygen atoms in total. The van der Waals surface area contributed by atoms with Gasteiger partial charge < -0.3 is 9.84 Å². The molecule has 1 aromatic heterocycles. The molecule has 3 aromatic rings. The first kappa shape index (κ1) is 16.7. The van der Waals surface area contributed by atoms with Crippen molar-refractivity contribution < 1.29 is 4.52 Å². The van der Waals surface area contributed by atoms with Crippen molar-refractivity contribution in [1.82, 2.24) is 15.5 Å². The lowest BCUT2D eigenvalue weighted by Gasteiger charge is -2.23. The van der Waals surface area contributed by atoms with Gasteiger partial charge in [-0.25, -0.2) is 0 Å². The van der Waals surface area contributed by atoms with Crippen LogP contribution >= 0.6 is 12.4 Å². The summed E-state index contributed by atoms with van der Waals surface area (Å²) in [6.45, 7) is 0.850. The molecule has 0 radical (unpaired) electrons. The minimum absolute atomic E-state index is 0. The SMILES string of the molecule is Cl.c1ccc(CCc2noc([C@H]3Cc4ccccc4CN3)n2)cc1. The van der Waals surface area contributed by atoms with Crippen LogP contribution in [0.25, 0.3) is 0 Å². The first-order valence-electron chi connectivity index (χ1n) is 8.05. The highest BCUT2D eigenvalue weighted by molar-refractivity contribution is 5.85. The third kappa shape index (κ3) is 3.66. The normalized spacial score (nSPS) is 16.2. The van der Waals surface area contributed by atoms with Gasteiger partial charge in [-0.1, -0.05) is 59.8 Å². The summed E-state index contributed by atoms with van der Waals surface area (Å²) in [4.78, 5) is 4.58. The second-order valence-electron chi connectivity index (χ2n) is 5.94. The van der Waals surface area contributed by atoms with Crippen molar-refractivity contribution in [2.24, 2.45) is 0 Å². The predicted molar refractivity (Wildman–Crippen MR) is 95.1 cm³/mol. The molecule has 2 aromatic carbocycles. The van der Waals surface area contributed by atoms with Gasteiger partial charge in [-0.05, 0) is 29.5 Å². The van der Waals surface area contributed by atoms with Gasteiger partial charge in [0.1, 0.15) is 0 Å². The van der Waals surface area contributed by atoms with E-state index in [1.165, 1.54) is 16.7 Å².